The van der Waals surface area contributed by atoms with Crippen LogP contribution in [0.2, 0.25) is 0 Å². The van der Waals surface area contributed by atoms with Crippen LogP contribution in [0.3, 0.4) is 0 Å². The molecule has 0 atom stereocenters. The molecule has 1 aliphatic rings. The number of carbonyl (C=O) groups excluding carboxylic acids is 1. The fraction of sp³-hybridized carbons (Fsp3) is 0.588. The Bertz CT molecular complexity index is 496. The van der Waals surface area contributed by atoms with Crippen LogP contribution in [0.25, 0.3) is 0 Å². The van der Waals surface area contributed by atoms with E-state index in [1.807, 2.05) is 12.1 Å². The maximum absolute atomic E-state index is 12.9. The fourth-order valence-corrected chi connectivity index (χ4v) is 3.29. The van der Waals surface area contributed by atoms with Gasteiger partial charge in [-0.3, -0.25) is 4.79 Å². The molecular weight excluding hydrogens is 328 g/mol. The van der Waals surface area contributed by atoms with E-state index in [0.29, 0.717) is 23.2 Å². The number of hydrogen-bond donors (Lipinski definition) is 1. The molecule has 3 nitrogen and oxygen atoms in total. The third-order valence-electron chi connectivity index (χ3n) is 4.22. The van der Waals surface area contributed by atoms with Crippen molar-refractivity contribution in [1.29, 1.82) is 0 Å². The highest BCUT2D eigenvalue weighted by molar-refractivity contribution is 9.10. The lowest BCUT2D eigenvalue weighted by atomic mass is 10.1. The molecule has 116 valence electrons. The first-order valence-electron chi connectivity index (χ1n) is 7.85. The van der Waals surface area contributed by atoms with Crippen molar-refractivity contribution in [1.82, 2.24) is 4.90 Å². The molecule has 0 unspecified atom stereocenters. The van der Waals surface area contributed by atoms with Crippen LogP contribution in [-0.4, -0.2) is 23.4 Å². The summed E-state index contributed by atoms with van der Waals surface area (Å²) in [5.41, 5.74) is 7.20. The van der Waals surface area contributed by atoms with Crippen molar-refractivity contribution in [2.45, 2.75) is 52.0 Å². The van der Waals surface area contributed by atoms with Gasteiger partial charge in [0.1, 0.15) is 0 Å². The zero-order chi connectivity index (χ0) is 15.4. The van der Waals surface area contributed by atoms with E-state index in [1.165, 1.54) is 12.8 Å². The SMILES string of the molecule is CC(C)CCN(C(=O)c1cc(Br)ccc1N)C1CCCC1. The summed E-state index contributed by atoms with van der Waals surface area (Å²) in [6.45, 7) is 5.22. The fourth-order valence-electron chi connectivity index (χ4n) is 2.93. The van der Waals surface area contributed by atoms with Crippen LogP contribution in [0.4, 0.5) is 5.69 Å². The van der Waals surface area contributed by atoms with Crippen LogP contribution < -0.4 is 5.73 Å². The number of carbonyl (C=O) groups is 1. The first-order chi connectivity index (χ1) is 9.99. The Labute approximate surface area is 136 Å². The van der Waals surface area contributed by atoms with Gasteiger partial charge in [0.2, 0.25) is 0 Å². The van der Waals surface area contributed by atoms with E-state index < -0.39 is 0 Å². The van der Waals surface area contributed by atoms with Crippen LogP contribution in [0.1, 0.15) is 56.3 Å². The van der Waals surface area contributed by atoms with Crippen LogP contribution in [0.15, 0.2) is 22.7 Å². The Morgan fingerprint density at radius 3 is 2.67 bits per heavy atom. The number of anilines is 1. The molecule has 1 amide bonds. The van der Waals surface area contributed by atoms with Crippen molar-refractivity contribution < 1.29 is 4.79 Å². The van der Waals surface area contributed by atoms with Gasteiger partial charge in [-0.05, 0) is 43.4 Å². The number of hydrogen-bond acceptors (Lipinski definition) is 2. The first kappa shape index (κ1) is 16.3. The molecule has 0 aliphatic heterocycles. The molecule has 1 aliphatic carbocycles. The summed E-state index contributed by atoms with van der Waals surface area (Å²) in [4.78, 5) is 15.0. The average Bonchev–Trinajstić information content (AvgIpc) is 2.95. The monoisotopic (exact) mass is 352 g/mol. The van der Waals surface area contributed by atoms with E-state index in [2.05, 4.69) is 34.7 Å². The highest BCUT2D eigenvalue weighted by Gasteiger charge is 2.28. The third kappa shape index (κ3) is 4.22. The van der Waals surface area contributed by atoms with Crippen molar-refractivity contribution in [3.63, 3.8) is 0 Å². The molecule has 2 rings (SSSR count). The zero-order valence-electron chi connectivity index (χ0n) is 12.9. The van der Waals surface area contributed by atoms with Crippen molar-refractivity contribution in [2.24, 2.45) is 5.92 Å². The molecule has 1 saturated carbocycles. The second-order valence-corrected chi connectivity index (χ2v) is 7.27. The molecule has 1 aromatic rings. The largest absolute Gasteiger partial charge is 0.398 e. The molecule has 1 fully saturated rings. The molecule has 0 spiro atoms. The molecule has 0 bridgehead atoms. The zero-order valence-corrected chi connectivity index (χ0v) is 14.5. The van der Waals surface area contributed by atoms with E-state index in [0.717, 1.165) is 30.3 Å². The minimum atomic E-state index is 0.0846. The second-order valence-electron chi connectivity index (χ2n) is 6.35. The van der Waals surface area contributed by atoms with Crippen LogP contribution >= 0.6 is 15.9 Å². The third-order valence-corrected chi connectivity index (χ3v) is 4.71. The maximum atomic E-state index is 12.9. The Balaban J connectivity index is 2.21. The predicted octanol–water partition coefficient (Wildman–Crippen LogP) is 4.46. The van der Waals surface area contributed by atoms with Crippen LogP contribution in [0, 0.1) is 5.92 Å². The Kier molecular flexibility index (Phi) is 5.68. The van der Waals surface area contributed by atoms with Gasteiger partial charge in [0.05, 0.1) is 5.56 Å². The van der Waals surface area contributed by atoms with E-state index in [-0.39, 0.29) is 5.91 Å². The van der Waals surface area contributed by atoms with Gasteiger partial charge in [0.15, 0.2) is 0 Å². The number of rotatable bonds is 5. The van der Waals surface area contributed by atoms with Gasteiger partial charge in [-0.1, -0.05) is 42.6 Å². The minimum Gasteiger partial charge on any atom is -0.398 e. The number of nitrogen functional groups attached to an aromatic ring is 1. The van der Waals surface area contributed by atoms with Crippen LogP contribution in [-0.2, 0) is 0 Å². The van der Waals surface area contributed by atoms with Gasteiger partial charge in [-0.2, -0.15) is 0 Å². The minimum absolute atomic E-state index is 0.0846. The molecule has 0 radical (unpaired) electrons. The van der Waals surface area contributed by atoms with Gasteiger partial charge in [0, 0.05) is 22.7 Å². The molecule has 1 aromatic carbocycles. The normalized spacial score (nSPS) is 15.6. The Morgan fingerprint density at radius 1 is 1.38 bits per heavy atom. The highest BCUT2D eigenvalue weighted by Crippen LogP contribution is 2.28. The summed E-state index contributed by atoms with van der Waals surface area (Å²) >= 11 is 3.43. The molecule has 4 heteroatoms. The maximum Gasteiger partial charge on any atom is 0.256 e. The molecule has 0 heterocycles. The Hall–Kier alpha value is -1.03. The lowest BCUT2D eigenvalue weighted by Gasteiger charge is -2.30. The van der Waals surface area contributed by atoms with Gasteiger partial charge >= 0.3 is 0 Å². The summed E-state index contributed by atoms with van der Waals surface area (Å²) in [6.07, 6.45) is 5.74. The van der Waals surface area contributed by atoms with E-state index in [4.69, 9.17) is 5.73 Å². The lowest BCUT2D eigenvalue weighted by molar-refractivity contribution is 0.0673. The van der Waals surface area contributed by atoms with Gasteiger partial charge < -0.3 is 10.6 Å². The van der Waals surface area contributed by atoms with Gasteiger partial charge in [-0.15, -0.1) is 0 Å². The standard InChI is InChI=1S/C17H25BrN2O/c1-12(2)9-10-20(14-5-3-4-6-14)17(21)15-11-13(18)7-8-16(15)19/h7-8,11-12,14H,3-6,9-10,19H2,1-2H3. The summed E-state index contributed by atoms with van der Waals surface area (Å²) < 4.78 is 0.898. The Morgan fingerprint density at radius 2 is 2.05 bits per heavy atom. The predicted molar refractivity (Wildman–Crippen MR) is 91.3 cm³/mol. The summed E-state index contributed by atoms with van der Waals surface area (Å²) in [5, 5.41) is 0. The van der Waals surface area contributed by atoms with E-state index in [1.54, 1.807) is 6.07 Å². The number of amides is 1. The summed E-state index contributed by atoms with van der Waals surface area (Å²) in [6, 6.07) is 5.90. The highest BCUT2D eigenvalue weighted by atomic mass is 79.9. The van der Waals surface area contributed by atoms with Crippen LogP contribution in [0.5, 0.6) is 0 Å². The number of nitrogens with two attached hydrogens (primary N) is 1. The van der Waals surface area contributed by atoms with E-state index >= 15 is 0 Å². The molecule has 21 heavy (non-hydrogen) atoms. The molecule has 0 aromatic heterocycles. The number of nitrogens with zero attached hydrogens (tertiary/aromatic N) is 1. The van der Waals surface area contributed by atoms with Crippen molar-refractivity contribution in [3.8, 4) is 0 Å². The number of benzene rings is 1. The van der Waals surface area contributed by atoms with Crippen molar-refractivity contribution in [2.75, 3.05) is 12.3 Å². The molecule has 2 N–H and O–H groups in total. The lowest BCUT2D eigenvalue weighted by Crippen LogP contribution is -2.40. The van der Waals surface area contributed by atoms with E-state index in [9.17, 15) is 4.79 Å². The molecular formula is C17H25BrN2O. The van der Waals surface area contributed by atoms with Gasteiger partial charge in [0.25, 0.3) is 5.91 Å². The van der Waals surface area contributed by atoms with Crippen molar-refractivity contribution in [3.05, 3.63) is 28.2 Å². The second kappa shape index (κ2) is 7.30. The average molecular weight is 353 g/mol. The first-order valence-corrected chi connectivity index (χ1v) is 8.64. The quantitative estimate of drug-likeness (QED) is 0.795. The topological polar surface area (TPSA) is 46.3 Å². The summed E-state index contributed by atoms with van der Waals surface area (Å²) in [5.74, 6) is 0.683. The number of halogens is 1. The smallest absolute Gasteiger partial charge is 0.256 e. The van der Waals surface area contributed by atoms with Crippen molar-refractivity contribution >= 4 is 27.5 Å². The molecule has 0 saturated heterocycles. The summed E-state index contributed by atoms with van der Waals surface area (Å²) in [7, 11) is 0. The van der Waals surface area contributed by atoms with Gasteiger partial charge in [-0.25, -0.2) is 0 Å².